The van der Waals surface area contributed by atoms with Crippen LogP contribution in [0.1, 0.15) is 10.4 Å². The summed E-state index contributed by atoms with van der Waals surface area (Å²) in [6, 6.07) is 6.98. The zero-order valence-electron chi connectivity index (χ0n) is 10.3. The van der Waals surface area contributed by atoms with E-state index in [1.165, 1.54) is 36.5 Å². The predicted molar refractivity (Wildman–Crippen MR) is 75.3 cm³/mol. The first-order valence-corrected chi connectivity index (χ1v) is 6.38. The highest BCUT2D eigenvalue weighted by Gasteiger charge is 2.10. The number of anilines is 1. The van der Waals surface area contributed by atoms with E-state index in [-0.39, 0.29) is 21.5 Å². The van der Waals surface area contributed by atoms with Crippen molar-refractivity contribution in [2.45, 2.75) is 6.61 Å². The van der Waals surface area contributed by atoms with Gasteiger partial charge in [0.15, 0.2) is 0 Å². The number of alkyl halides is 2. The van der Waals surface area contributed by atoms with E-state index in [1.807, 2.05) is 0 Å². The topological polar surface area (TPSA) is 51.2 Å². The maximum absolute atomic E-state index is 12.1. The van der Waals surface area contributed by atoms with Gasteiger partial charge in [-0.25, -0.2) is 4.98 Å². The Kier molecular flexibility index (Phi) is 4.93. The van der Waals surface area contributed by atoms with Gasteiger partial charge in [-0.1, -0.05) is 29.3 Å². The Morgan fingerprint density at radius 1 is 1.29 bits per heavy atom. The number of carbonyl (C=O) groups is 1. The Balaban J connectivity index is 2.13. The molecule has 0 aliphatic carbocycles. The molecule has 1 aromatic heterocycles. The number of amides is 1. The van der Waals surface area contributed by atoms with Gasteiger partial charge in [0.25, 0.3) is 5.91 Å². The lowest BCUT2D eigenvalue weighted by atomic mass is 10.2. The molecule has 0 radical (unpaired) electrons. The highest BCUT2D eigenvalue weighted by molar-refractivity contribution is 6.41. The number of aromatic nitrogens is 1. The molecule has 0 aliphatic rings. The monoisotopic (exact) mass is 332 g/mol. The lowest BCUT2D eigenvalue weighted by Gasteiger charge is -2.08. The molecule has 2 aromatic rings. The van der Waals surface area contributed by atoms with Crippen LogP contribution in [0.3, 0.4) is 0 Å². The van der Waals surface area contributed by atoms with Crippen molar-refractivity contribution >= 4 is 34.8 Å². The van der Waals surface area contributed by atoms with Crippen LogP contribution in [0.5, 0.6) is 5.75 Å². The second-order valence-electron chi connectivity index (χ2n) is 3.86. The zero-order chi connectivity index (χ0) is 15.4. The number of rotatable bonds is 4. The summed E-state index contributed by atoms with van der Waals surface area (Å²) < 4.78 is 28.5. The average Bonchev–Trinajstić information content (AvgIpc) is 2.41. The van der Waals surface area contributed by atoms with Crippen molar-refractivity contribution in [3.8, 4) is 5.75 Å². The molecule has 0 spiro atoms. The van der Waals surface area contributed by atoms with Gasteiger partial charge in [0.05, 0.1) is 10.6 Å². The molecule has 0 unspecified atom stereocenters. The van der Waals surface area contributed by atoms with Crippen molar-refractivity contribution < 1.29 is 18.3 Å². The molecular weight excluding hydrogens is 325 g/mol. The van der Waals surface area contributed by atoms with Gasteiger partial charge in [-0.15, -0.1) is 0 Å². The molecular formula is C13H8Cl2F2N2O2. The van der Waals surface area contributed by atoms with Crippen LogP contribution in [0.2, 0.25) is 10.2 Å². The van der Waals surface area contributed by atoms with Crippen molar-refractivity contribution in [2.75, 3.05) is 5.32 Å². The van der Waals surface area contributed by atoms with Gasteiger partial charge in [-0.2, -0.15) is 8.78 Å². The van der Waals surface area contributed by atoms with Crippen LogP contribution in [0.15, 0.2) is 36.5 Å². The molecule has 2 rings (SSSR count). The van der Waals surface area contributed by atoms with Crippen molar-refractivity contribution in [1.82, 2.24) is 4.98 Å². The average molecular weight is 333 g/mol. The van der Waals surface area contributed by atoms with Crippen LogP contribution in [0.4, 0.5) is 14.5 Å². The fraction of sp³-hybridized carbons (Fsp3) is 0.0769. The fourth-order valence-corrected chi connectivity index (χ4v) is 1.77. The third-order valence-electron chi connectivity index (χ3n) is 2.38. The minimum absolute atomic E-state index is 0.0601. The first-order valence-electron chi connectivity index (χ1n) is 5.63. The molecule has 0 aliphatic heterocycles. The van der Waals surface area contributed by atoms with E-state index in [0.717, 1.165) is 0 Å². The lowest BCUT2D eigenvalue weighted by Crippen LogP contribution is -2.12. The predicted octanol–water partition coefficient (Wildman–Crippen LogP) is 4.24. The number of nitrogens with one attached hydrogen (secondary N) is 1. The summed E-state index contributed by atoms with van der Waals surface area (Å²) in [7, 11) is 0. The number of pyridine rings is 1. The number of hydrogen-bond acceptors (Lipinski definition) is 3. The molecule has 21 heavy (non-hydrogen) atoms. The Bertz CT molecular complexity index is 668. The molecule has 1 heterocycles. The van der Waals surface area contributed by atoms with Crippen molar-refractivity contribution in [3.05, 3.63) is 52.3 Å². The van der Waals surface area contributed by atoms with E-state index in [0.29, 0.717) is 5.69 Å². The number of hydrogen-bond donors (Lipinski definition) is 1. The minimum Gasteiger partial charge on any atom is -0.435 e. The smallest absolute Gasteiger partial charge is 0.387 e. The number of ether oxygens (including phenoxy) is 1. The zero-order valence-corrected chi connectivity index (χ0v) is 11.8. The third kappa shape index (κ3) is 4.27. The molecule has 0 bridgehead atoms. The Morgan fingerprint density at radius 3 is 2.71 bits per heavy atom. The van der Waals surface area contributed by atoms with Crippen molar-refractivity contribution in [1.29, 1.82) is 0 Å². The first-order chi connectivity index (χ1) is 9.95. The van der Waals surface area contributed by atoms with Gasteiger partial charge in [0.1, 0.15) is 10.9 Å². The summed E-state index contributed by atoms with van der Waals surface area (Å²) in [6.07, 6.45) is 1.25. The summed E-state index contributed by atoms with van der Waals surface area (Å²) in [4.78, 5) is 15.7. The summed E-state index contributed by atoms with van der Waals surface area (Å²) in [5.74, 6) is -0.565. The molecule has 0 fully saturated rings. The Morgan fingerprint density at radius 2 is 2.05 bits per heavy atom. The fourth-order valence-electron chi connectivity index (χ4n) is 1.50. The summed E-state index contributed by atoms with van der Waals surface area (Å²) in [5, 5.41) is 2.73. The molecule has 1 N–H and O–H groups in total. The van der Waals surface area contributed by atoms with Crippen LogP contribution in [0, 0.1) is 0 Å². The molecule has 110 valence electrons. The van der Waals surface area contributed by atoms with Crippen LogP contribution in [-0.4, -0.2) is 17.5 Å². The Labute approximate surface area is 128 Å². The third-order valence-corrected chi connectivity index (χ3v) is 3.06. The summed E-state index contributed by atoms with van der Waals surface area (Å²) >= 11 is 11.4. The molecule has 0 saturated heterocycles. The normalized spacial score (nSPS) is 10.5. The van der Waals surface area contributed by atoms with Crippen molar-refractivity contribution in [2.24, 2.45) is 0 Å². The highest BCUT2D eigenvalue weighted by atomic mass is 35.5. The van der Waals surface area contributed by atoms with Crippen LogP contribution in [0.25, 0.3) is 0 Å². The second-order valence-corrected chi connectivity index (χ2v) is 4.62. The number of benzene rings is 1. The molecule has 8 heteroatoms. The molecule has 0 atom stereocenters. The second kappa shape index (κ2) is 6.69. The van der Waals surface area contributed by atoms with Gasteiger partial charge >= 0.3 is 6.61 Å². The summed E-state index contributed by atoms with van der Waals surface area (Å²) in [5.41, 5.74) is 0.480. The van der Waals surface area contributed by atoms with E-state index in [9.17, 15) is 13.6 Å². The van der Waals surface area contributed by atoms with E-state index in [1.54, 1.807) is 0 Å². The number of halogens is 4. The van der Waals surface area contributed by atoms with E-state index in [4.69, 9.17) is 23.2 Å². The molecule has 0 saturated carbocycles. The van der Waals surface area contributed by atoms with Gasteiger partial charge < -0.3 is 10.1 Å². The largest absolute Gasteiger partial charge is 0.435 e. The number of nitrogens with zero attached hydrogens (tertiary/aromatic N) is 1. The van der Waals surface area contributed by atoms with E-state index in [2.05, 4.69) is 15.0 Å². The first kappa shape index (κ1) is 15.5. The van der Waals surface area contributed by atoms with E-state index >= 15 is 0 Å². The summed E-state index contributed by atoms with van der Waals surface area (Å²) in [6.45, 7) is -2.93. The molecule has 4 nitrogen and oxygen atoms in total. The highest BCUT2D eigenvalue weighted by Crippen LogP contribution is 2.22. The van der Waals surface area contributed by atoms with Gasteiger partial charge in [0, 0.05) is 18.0 Å². The lowest BCUT2D eigenvalue weighted by molar-refractivity contribution is -0.0497. The molecule has 1 aromatic carbocycles. The van der Waals surface area contributed by atoms with Gasteiger partial charge in [-0.3, -0.25) is 4.79 Å². The maximum Gasteiger partial charge on any atom is 0.387 e. The van der Waals surface area contributed by atoms with E-state index < -0.39 is 12.5 Å². The SMILES string of the molecule is O=C(Nc1cccc(OC(F)F)c1)c1cnc(Cl)c(Cl)c1. The molecule has 1 amide bonds. The maximum atomic E-state index is 12.1. The van der Waals surface area contributed by atoms with Crippen molar-refractivity contribution in [3.63, 3.8) is 0 Å². The number of carbonyl (C=O) groups excluding carboxylic acids is 1. The quantitative estimate of drug-likeness (QED) is 0.852. The standard InChI is InChI=1S/C13H8Cl2F2N2O2/c14-10-4-7(6-18-11(10)15)12(20)19-8-2-1-3-9(5-8)21-13(16)17/h1-6,13H,(H,19,20). The van der Waals surface area contributed by atoms with Gasteiger partial charge in [0.2, 0.25) is 0 Å². The van der Waals surface area contributed by atoms with Crippen LogP contribution >= 0.6 is 23.2 Å². The van der Waals surface area contributed by atoms with Crippen LogP contribution in [-0.2, 0) is 0 Å². The van der Waals surface area contributed by atoms with Crippen LogP contribution < -0.4 is 10.1 Å². The Hall–Kier alpha value is -1.92. The van der Waals surface area contributed by atoms with Gasteiger partial charge in [-0.05, 0) is 18.2 Å². The minimum atomic E-state index is -2.93.